The van der Waals surface area contributed by atoms with E-state index in [0.29, 0.717) is 18.4 Å². The number of alkyl halides is 3. The summed E-state index contributed by atoms with van der Waals surface area (Å²) in [5.74, 6) is -0.782. The van der Waals surface area contributed by atoms with Crippen LogP contribution in [0.3, 0.4) is 0 Å². The molecule has 1 heterocycles. The molecule has 0 saturated heterocycles. The standard InChI is InChI=1S/C16H14F3N3O3/c1-2-25-12-6-3-10(4-7-12)14(23)21-22-15(24)11-5-8-13(20-9-11)16(17,18)19/h3-9H,2H2,1H3,(H,21,23)(H,22,24). The van der Waals surface area contributed by atoms with E-state index in [0.717, 1.165) is 12.3 Å². The minimum Gasteiger partial charge on any atom is -0.494 e. The molecule has 0 saturated carbocycles. The van der Waals surface area contributed by atoms with Crippen LogP contribution in [-0.2, 0) is 6.18 Å². The number of amides is 2. The fraction of sp³-hybridized carbons (Fsp3) is 0.188. The molecule has 0 bridgehead atoms. The summed E-state index contributed by atoms with van der Waals surface area (Å²) >= 11 is 0. The lowest BCUT2D eigenvalue weighted by molar-refractivity contribution is -0.141. The largest absolute Gasteiger partial charge is 0.494 e. The predicted octanol–water partition coefficient (Wildman–Crippen LogP) is 2.57. The number of rotatable bonds is 4. The van der Waals surface area contributed by atoms with Gasteiger partial charge in [0.05, 0.1) is 12.2 Å². The van der Waals surface area contributed by atoms with E-state index in [2.05, 4.69) is 15.8 Å². The highest BCUT2D eigenvalue weighted by atomic mass is 19.4. The highest BCUT2D eigenvalue weighted by Crippen LogP contribution is 2.27. The molecular weight excluding hydrogens is 339 g/mol. The molecular formula is C16H14F3N3O3. The van der Waals surface area contributed by atoms with Crippen molar-refractivity contribution in [1.82, 2.24) is 15.8 Å². The predicted molar refractivity (Wildman–Crippen MR) is 81.8 cm³/mol. The second kappa shape index (κ2) is 7.65. The second-order valence-electron chi connectivity index (χ2n) is 4.80. The Morgan fingerprint density at radius 2 is 1.56 bits per heavy atom. The molecule has 0 aliphatic rings. The number of ether oxygens (including phenoxy) is 1. The molecule has 0 unspecified atom stereocenters. The molecule has 2 aromatic rings. The number of halogens is 3. The average Bonchev–Trinajstić information content (AvgIpc) is 2.59. The van der Waals surface area contributed by atoms with Crippen molar-refractivity contribution in [2.24, 2.45) is 0 Å². The zero-order valence-electron chi connectivity index (χ0n) is 13.1. The zero-order valence-corrected chi connectivity index (χ0v) is 13.1. The van der Waals surface area contributed by atoms with Crippen molar-refractivity contribution < 1.29 is 27.5 Å². The quantitative estimate of drug-likeness (QED) is 0.828. The molecule has 6 nitrogen and oxygen atoms in total. The Bertz CT molecular complexity index is 744. The van der Waals surface area contributed by atoms with Crippen molar-refractivity contribution >= 4 is 11.8 Å². The van der Waals surface area contributed by atoms with Crippen LogP contribution in [0.5, 0.6) is 5.75 Å². The van der Waals surface area contributed by atoms with Crippen molar-refractivity contribution in [2.75, 3.05) is 6.61 Å². The van der Waals surface area contributed by atoms with Crippen molar-refractivity contribution in [3.8, 4) is 5.75 Å². The number of pyridine rings is 1. The summed E-state index contributed by atoms with van der Waals surface area (Å²) in [7, 11) is 0. The summed E-state index contributed by atoms with van der Waals surface area (Å²) in [6.07, 6.45) is -3.81. The molecule has 2 amide bonds. The van der Waals surface area contributed by atoms with Gasteiger partial charge in [0.2, 0.25) is 0 Å². The van der Waals surface area contributed by atoms with E-state index in [1.165, 1.54) is 12.1 Å². The van der Waals surface area contributed by atoms with Gasteiger partial charge in [0, 0.05) is 11.8 Å². The molecule has 2 N–H and O–H groups in total. The molecule has 25 heavy (non-hydrogen) atoms. The minimum atomic E-state index is -4.59. The molecule has 132 valence electrons. The van der Waals surface area contributed by atoms with E-state index in [1.807, 2.05) is 6.92 Å². The van der Waals surface area contributed by atoms with Crippen LogP contribution in [-0.4, -0.2) is 23.4 Å². The highest BCUT2D eigenvalue weighted by molar-refractivity contribution is 5.98. The number of hydrogen-bond donors (Lipinski definition) is 2. The SMILES string of the molecule is CCOc1ccc(C(=O)NNC(=O)c2ccc(C(F)(F)F)nc2)cc1. The fourth-order valence-electron chi connectivity index (χ4n) is 1.82. The average molecular weight is 353 g/mol. The molecule has 0 spiro atoms. The maximum atomic E-state index is 12.4. The van der Waals surface area contributed by atoms with Gasteiger partial charge in [-0.25, -0.2) is 0 Å². The van der Waals surface area contributed by atoms with Crippen LogP contribution in [0.4, 0.5) is 13.2 Å². The monoisotopic (exact) mass is 353 g/mol. The topological polar surface area (TPSA) is 80.3 Å². The summed E-state index contributed by atoms with van der Waals surface area (Å²) in [4.78, 5) is 26.9. The van der Waals surface area contributed by atoms with Crippen LogP contribution < -0.4 is 15.6 Å². The van der Waals surface area contributed by atoms with Gasteiger partial charge < -0.3 is 4.74 Å². The lowest BCUT2D eigenvalue weighted by Gasteiger charge is -2.09. The van der Waals surface area contributed by atoms with Crippen LogP contribution in [0, 0.1) is 0 Å². The van der Waals surface area contributed by atoms with Gasteiger partial charge in [0.1, 0.15) is 11.4 Å². The van der Waals surface area contributed by atoms with Gasteiger partial charge in [-0.3, -0.25) is 25.4 Å². The lowest BCUT2D eigenvalue weighted by Crippen LogP contribution is -2.41. The number of hydrazine groups is 1. The minimum absolute atomic E-state index is 0.125. The first kappa shape index (κ1) is 18.2. The van der Waals surface area contributed by atoms with E-state index >= 15 is 0 Å². The summed E-state index contributed by atoms with van der Waals surface area (Å²) in [5.41, 5.74) is 3.31. The van der Waals surface area contributed by atoms with E-state index < -0.39 is 23.7 Å². The van der Waals surface area contributed by atoms with E-state index in [-0.39, 0.29) is 11.1 Å². The Hall–Kier alpha value is -3.10. The van der Waals surface area contributed by atoms with Crippen molar-refractivity contribution in [3.63, 3.8) is 0 Å². The number of carbonyl (C=O) groups excluding carboxylic acids is 2. The summed E-state index contributed by atoms with van der Waals surface area (Å²) in [6.45, 7) is 2.31. The van der Waals surface area contributed by atoms with Crippen LogP contribution in [0.15, 0.2) is 42.6 Å². The van der Waals surface area contributed by atoms with Crippen molar-refractivity contribution in [2.45, 2.75) is 13.1 Å². The summed E-state index contributed by atoms with van der Waals surface area (Å²) < 4.78 is 42.5. The Labute approximate surface area is 141 Å². The van der Waals surface area contributed by atoms with Gasteiger partial charge in [-0.05, 0) is 43.3 Å². The molecule has 1 aromatic heterocycles. The van der Waals surface area contributed by atoms with Crippen LogP contribution in [0.2, 0.25) is 0 Å². The highest BCUT2D eigenvalue weighted by Gasteiger charge is 2.32. The number of hydrogen-bond acceptors (Lipinski definition) is 4. The van der Waals surface area contributed by atoms with Crippen LogP contribution in [0.1, 0.15) is 33.3 Å². The van der Waals surface area contributed by atoms with E-state index in [4.69, 9.17) is 4.74 Å². The number of nitrogens with zero attached hydrogens (tertiary/aromatic N) is 1. The van der Waals surface area contributed by atoms with Gasteiger partial charge in [-0.15, -0.1) is 0 Å². The normalized spacial score (nSPS) is 10.9. The Morgan fingerprint density at radius 3 is 2.04 bits per heavy atom. The third-order valence-electron chi connectivity index (χ3n) is 3.03. The number of benzene rings is 1. The van der Waals surface area contributed by atoms with Gasteiger partial charge in [-0.2, -0.15) is 13.2 Å². The van der Waals surface area contributed by atoms with E-state index in [9.17, 15) is 22.8 Å². The molecule has 0 atom stereocenters. The molecule has 0 aliphatic carbocycles. The molecule has 2 rings (SSSR count). The maximum Gasteiger partial charge on any atom is 0.433 e. The third kappa shape index (κ3) is 4.93. The lowest BCUT2D eigenvalue weighted by atomic mass is 10.2. The molecule has 0 radical (unpaired) electrons. The van der Waals surface area contributed by atoms with Gasteiger partial charge in [-0.1, -0.05) is 0 Å². The van der Waals surface area contributed by atoms with Crippen LogP contribution in [0.25, 0.3) is 0 Å². The molecule has 0 fully saturated rings. The van der Waals surface area contributed by atoms with Crippen molar-refractivity contribution in [3.05, 3.63) is 59.4 Å². The molecule has 0 aliphatic heterocycles. The summed E-state index contributed by atoms with van der Waals surface area (Å²) in [6, 6.07) is 7.86. The Balaban J connectivity index is 1.93. The number of nitrogens with one attached hydrogen (secondary N) is 2. The maximum absolute atomic E-state index is 12.4. The Morgan fingerprint density at radius 1 is 1.00 bits per heavy atom. The summed E-state index contributed by atoms with van der Waals surface area (Å²) in [5, 5.41) is 0. The smallest absolute Gasteiger partial charge is 0.433 e. The molecule has 9 heteroatoms. The first-order chi connectivity index (χ1) is 11.8. The van der Waals surface area contributed by atoms with Gasteiger partial charge in [0.15, 0.2) is 0 Å². The van der Waals surface area contributed by atoms with Crippen LogP contribution >= 0.6 is 0 Å². The second-order valence-corrected chi connectivity index (χ2v) is 4.80. The number of carbonyl (C=O) groups is 2. The fourth-order valence-corrected chi connectivity index (χ4v) is 1.82. The zero-order chi connectivity index (χ0) is 18.4. The van der Waals surface area contributed by atoms with Gasteiger partial charge >= 0.3 is 6.18 Å². The van der Waals surface area contributed by atoms with Crippen molar-refractivity contribution in [1.29, 1.82) is 0 Å². The van der Waals surface area contributed by atoms with Gasteiger partial charge in [0.25, 0.3) is 11.8 Å². The molecule has 1 aromatic carbocycles. The first-order valence-corrected chi connectivity index (χ1v) is 7.18. The van der Waals surface area contributed by atoms with E-state index in [1.54, 1.807) is 12.1 Å². The number of aromatic nitrogens is 1. The Kier molecular flexibility index (Phi) is 5.58. The first-order valence-electron chi connectivity index (χ1n) is 7.18. The third-order valence-corrected chi connectivity index (χ3v) is 3.03.